The van der Waals surface area contributed by atoms with Crippen LogP contribution in [-0.4, -0.2) is 24.2 Å². The van der Waals surface area contributed by atoms with E-state index in [9.17, 15) is 14.9 Å². The first-order valence-electron chi connectivity index (χ1n) is 7.13. The van der Waals surface area contributed by atoms with Crippen molar-refractivity contribution in [2.75, 3.05) is 12.4 Å². The molecule has 120 valence electrons. The quantitative estimate of drug-likeness (QED) is 0.824. The molecule has 0 aromatic heterocycles. The Hall–Kier alpha value is -2.46. The first-order chi connectivity index (χ1) is 11.0. The van der Waals surface area contributed by atoms with Crippen molar-refractivity contribution < 1.29 is 14.3 Å². The molecule has 6 nitrogen and oxygen atoms in total. The third-order valence-electron chi connectivity index (χ3n) is 3.31. The lowest BCUT2D eigenvalue weighted by atomic mass is 9.87. The van der Waals surface area contributed by atoms with E-state index < -0.39 is 5.91 Å². The molecule has 0 aliphatic carbocycles. The molecular weight excluding hydrogens is 314 g/mol. The Morgan fingerprint density at radius 2 is 2.17 bits per heavy atom. The van der Waals surface area contributed by atoms with E-state index in [2.05, 4.69) is 11.4 Å². The summed E-state index contributed by atoms with van der Waals surface area (Å²) in [5.41, 5.74) is 6.43. The maximum atomic E-state index is 11.9. The van der Waals surface area contributed by atoms with Crippen LogP contribution in [0.1, 0.15) is 24.8 Å². The molecule has 0 spiro atoms. The molecule has 0 radical (unpaired) electrons. The molecular formula is C16H17N3O3S. The number of primary amides is 1. The van der Waals surface area contributed by atoms with Gasteiger partial charge < -0.3 is 15.8 Å². The molecule has 1 aliphatic rings. The first kappa shape index (κ1) is 16.9. The van der Waals surface area contributed by atoms with E-state index in [0.717, 1.165) is 23.1 Å². The van der Waals surface area contributed by atoms with E-state index in [1.807, 2.05) is 31.2 Å². The molecule has 1 aromatic carbocycles. The first-order valence-corrected chi connectivity index (χ1v) is 8.11. The normalized spacial score (nSPS) is 17.4. The summed E-state index contributed by atoms with van der Waals surface area (Å²) >= 11 is 1.08. The second-order valence-corrected chi connectivity index (χ2v) is 5.90. The molecule has 0 saturated heterocycles. The highest BCUT2D eigenvalue weighted by Crippen LogP contribution is 2.36. The van der Waals surface area contributed by atoms with Gasteiger partial charge in [0.1, 0.15) is 5.75 Å². The highest BCUT2D eigenvalue weighted by Gasteiger charge is 2.29. The van der Waals surface area contributed by atoms with Crippen molar-refractivity contribution in [2.45, 2.75) is 19.3 Å². The van der Waals surface area contributed by atoms with Gasteiger partial charge in [0.2, 0.25) is 11.8 Å². The van der Waals surface area contributed by atoms with Crippen LogP contribution in [0.2, 0.25) is 0 Å². The van der Waals surface area contributed by atoms with E-state index in [-0.39, 0.29) is 24.0 Å². The lowest BCUT2D eigenvalue weighted by molar-refractivity contribution is -0.121. The molecule has 1 unspecified atom stereocenters. The molecule has 1 atom stereocenters. The van der Waals surface area contributed by atoms with Crippen molar-refractivity contribution in [2.24, 2.45) is 5.73 Å². The summed E-state index contributed by atoms with van der Waals surface area (Å²) in [6.07, 6.45) is 0.192. The van der Waals surface area contributed by atoms with Crippen LogP contribution in [0.5, 0.6) is 5.75 Å². The molecule has 23 heavy (non-hydrogen) atoms. The number of nitrogens with one attached hydrogen (secondary N) is 1. The summed E-state index contributed by atoms with van der Waals surface area (Å²) in [7, 11) is 0. The Bertz CT molecular complexity index is 677. The summed E-state index contributed by atoms with van der Waals surface area (Å²) in [4.78, 5) is 22.9. The fourth-order valence-corrected chi connectivity index (χ4v) is 3.14. The minimum atomic E-state index is -0.503. The number of ether oxygens (including phenoxy) is 1. The fourth-order valence-electron chi connectivity index (χ4n) is 2.32. The van der Waals surface area contributed by atoms with E-state index in [1.54, 1.807) is 0 Å². The number of allylic oxidation sites excluding steroid dienone is 1. The zero-order valence-corrected chi connectivity index (χ0v) is 13.5. The molecule has 1 heterocycles. The predicted molar refractivity (Wildman–Crippen MR) is 87.4 cm³/mol. The SMILES string of the molecule is CCOc1ccc(C2CC(=O)NC(SCC(N)=O)=C2C#N)cc1. The van der Waals surface area contributed by atoms with Crippen LogP contribution in [-0.2, 0) is 9.59 Å². The van der Waals surface area contributed by atoms with E-state index in [1.165, 1.54) is 0 Å². The number of nitriles is 1. The zero-order valence-electron chi connectivity index (χ0n) is 12.7. The highest BCUT2D eigenvalue weighted by molar-refractivity contribution is 8.03. The van der Waals surface area contributed by atoms with Crippen molar-refractivity contribution in [3.63, 3.8) is 0 Å². The van der Waals surface area contributed by atoms with Gasteiger partial charge in [0.05, 0.1) is 29.0 Å². The number of nitrogens with two attached hydrogens (primary N) is 1. The van der Waals surface area contributed by atoms with Crippen LogP contribution < -0.4 is 15.8 Å². The number of amides is 2. The summed E-state index contributed by atoms with van der Waals surface area (Å²) in [5.74, 6) is -0.272. The van der Waals surface area contributed by atoms with Gasteiger partial charge in [0, 0.05) is 12.3 Å². The van der Waals surface area contributed by atoms with Gasteiger partial charge in [-0.15, -0.1) is 0 Å². The Kier molecular flexibility index (Phi) is 5.66. The van der Waals surface area contributed by atoms with Crippen molar-refractivity contribution >= 4 is 23.6 Å². The maximum Gasteiger partial charge on any atom is 0.227 e. The number of hydrogen-bond acceptors (Lipinski definition) is 5. The average Bonchev–Trinajstić information content (AvgIpc) is 2.53. The fraction of sp³-hybridized carbons (Fsp3) is 0.312. The Morgan fingerprint density at radius 3 is 2.74 bits per heavy atom. The number of rotatable bonds is 6. The molecule has 3 N–H and O–H groups in total. The third-order valence-corrected chi connectivity index (χ3v) is 4.35. The van der Waals surface area contributed by atoms with E-state index in [0.29, 0.717) is 17.2 Å². The highest BCUT2D eigenvalue weighted by atomic mass is 32.2. The average molecular weight is 331 g/mol. The third kappa shape index (κ3) is 4.27. The van der Waals surface area contributed by atoms with Crippen LogP contribution in [0, 0.1) is 11.3 Å². The van der Waals surface area contributed by atoms with Crippen LogP contribution in [0.15, 0.2) is 34.9 Å². The molecule has 0 saturated carbocycles. The molecule has 7 heteroatoms. The molecule has 2 amide bonds. The van der Waals surface area contributed by atoms with Crippen molar-refractivity contribution in [3.05, 3.63) is 40.4 Å². The maximum absolute atomic E-state index is 11.9. The smallest absolute Gasteiger partial charge is 0.227 e. The Balaban J connectivity index is 2.31. The van der Waals surface area contributed by atoms with Gasteiger partial charge in [-0.1, -0.05) is 23.9 Å². The van der Waals surface area contributed by atoms with Gasteiger partial charge >= 0.3 is 0 Å². The van der Waals surface area contributed by atoms with Gasteiger partial charge in [-0.3, -0.25) is 9.59 Å². The van der Waals surface area contributed by atoms with Crippen molar-refractivity contribution in [3.8, 4) is 11.8 Å². The second-order valence-electron chi connectivity index (χ2n) is 4.92. The van der Waals surface area contributed by atoms with E-state index >= 15 is 0 Å². The number of carbonyl (C=O) groups is 2. The molecule has 1 aromatic rings. The molecule has 2 rings (SSSR count). The predicted octanol–water partition coefficient (Wildman–Crippen LogP) is 1.64. The Morgan fingerprint density at radius 1 is 1.48 bits per heavy atom. The second kappa shape index (κ2) is 7.70. The van der Waals surface area contributed by atoms with Gasteiger partial charge in [0.15, 0.2) is 0 Å². The number of nitrogens with zero attached hydrogens (tertiary/aromatic N) is 1. The zero-order chi connectivity index (χ0) is 16.8. The number of carbonyl (C=O) groups excluding carboxylic acids is 2. The standard InChI is InChI=1S/C16H17N3O3S/c1-2-22-11-5-3-10(4-6-11)12-7-15(21)19-16(13(12)8-17)23-9-14(18)20/h3-6,12H,2,7,9H2,1H3,(H2,18,20)(H,19,21). The summed E-state index contributed by atoms with van der Waals surface area (Å²) < 4.78 is 5.40. The molecule has 0 fully saturated rings. The van der Waals surface area contributed by atoms with Crippen LogP contribution in [0.3, 0.4) is 0 Å². The topological polar surface area (TPSA) is 105 Å². The minimum Gasteiger partial charge on any atom is -0.494 e. The monoisotopic (exact) mass is 331 g/mol. The largest absolute Gasteiger partial charge is 0.494 e. The minimum absolute atomic E-state index is 0.0107. The summed E-state index contributed by atoms with van der Waals surface area (Å²) in [6, 6.07) is 9.48. The van der Waals surface area contributed by atoms with Gasteiger partial charge in [0.25, 0.3) is 0 Å². The molecule has 1 aliphatic heterocycles. The van der Waals surface area contributed by atoms with Crippen molar-refractivity contribution in [1.82, 2.24) is 5.32 Å². The summed E-state index contributed by atoms with van der Waals surface area (Å²) in [5, 5.41) is 12.5. The Labute approximate surface area is 138 Å². The lowest BCUT2D eigenvalue weighted by Crippen LogP contribution is -2.31. The lowest BCUT2D eigenvalue weighted by Gasteiger charge is -2.25. The van der Waals surface area contributed by atoms with Crippen molar-refractivity contribution in [1.29, 1.82) is 5.26 Å². The van der Waals surface area contributed by atoms with Crippen LogP contribution in [0.4, 0.5) is 0 Å². The number of hydrogen-bond donors (Lipinski definition) is 2. The number of thioether (sulfide) groups is 1. The van der Waals surface area contributed by atoms with Gasteiger partial charge in [-0.2, -0.15) is 5.26 Å². The molecule has 0 bridgehead atoms. The van der Waals surface area contributed by atoms with E-state index in [4.69, 9.17) is 10.5 Å². The van der Waals surface area contributed by atoms with Gasteiger partial charge in [-0.05, 0) is 24.6 Å². The van der Waals surface area contributed by atoms with Crippen LogP contribution >= 0.6 is 11.8 Å². The van der Waals surface area contributed by atoms with Crippen LogP contribution in [0.25, 0.3) is 0 Å². The summed E-state index contributed by atoms with van der Waals surface area (Å²) in [6.45, 7) is 2.47. The number of benzene rings is 1. The van der Waals surface area contributed by atoms with Gasteiger partial charge in [-0.25, -0.2) is 0 Å².